The van der Waals surface area contributed by atoms with Crippen molar-refractivity contribution < 1.29 is 0 Å². The molecular formula is C53H42N2. The van der Waals surface area contributed by atoms with Crippen molar-refractivity contribution in [2.24, 2.45) is 0 Å². The lowest BCUT2D eigenvalue weighted by Gasteiger charge is -2.26. The molecule has 2 nitrogen and oxygen atoms in total. The van der Waals surface area contributed by atoms with Gasteiger partial charge in [-0.3, -0.25) is 0 Å². The standard InChI is InChI=1S/C53H42N2/c1-35-13-23-41(24-14-35)54(43-27-20-39(21-28-43)40-22-32-46-45-31-15-36(2)33-49(45)53(3,4)50(46)34-40)42-25-16-37(17-26-42)38-18-29-44(30-19-38)55-51-11-7-5-9-47(51)48-10-6-8-12-52(48)55/h5-34H,1-4H3. The second-order valence-electron chi connectivity index (χ2n) is 15.6. The van der Waals surface area contributed by atoms with Crippen molar-refractivity contribution in [1.82, 2.24) is 4.57 Å². The summed E-state index contributed by atoms with van der Waals surface area (Å²) in [6.45, 7) is 9.04. The first-order valence-electron chi connectivity index (χ1n) is 19.3. The van der Waals surface area contributed by atoms with Crippen molar-refractivity contribution in [3.63, 3.8) is 0 Å². The van der Waals surface area contributed by atoms with Crippen molar-refractivity contribution in [3.8, 4) is 39.1 Å². The van der Waals surface area contributed by atoms with Gasteiger partial charge in [0.25, 0.3) is 0 Å². The summed E-state index contributed by atoms with van der Waals surface area (Å²) in [4.78, 5) is 2.35. The molecule has 0 saturated carbocycles. The Balaban J connectivity index is 0.960. The Hall–Kier alpha value is -6.64. The van der Waals surface area contributed by atoms with Crippen LogP contribution in [0.25, 0.3) is 60.9 Å². The van der Waals surface area contributed by atoms with E-state index in [1.165, 1.54) is 77.4 Å². The van der Waals surface area contributed by atoms with E-state index in [1.807, 2.05) is 0 Å². The van der Waals surface area contributed by atoms with Crippen LogP contribution < -0.4 is 4.90 Å². The van der Waals surface area contributed by atoms with Gasteiger partial charge in [-0.25, -0.2) is 0 Å². The Morgan fingerprint density at radius 1 is 0.400 bits per heavy atom. The summed E-state index contributed by atoms with van der Waals surface area (Å²) in [7, 11) is 0. The minimum Gasteiger partial charge on any atom is -0.311 e. The van der Waals surface area contributed by atoms with Gasteiger partial charge in [-0.2, -0.15) is 0 Å². The highest BCUT2D eigenvalue weighted by Gasteiger charge is 2.35. The third-order valence-electron chi connectivity index (χ3n) is 11.7. The van der Waals surface area contributed by atoms with Crippen molar-refractivity contribution >= 4 is 38.9 Å². The highest BCUT2D eigenvalue weighted by Crippen LogP contribution is 2.50. The molecule has 0 unspecified atom stereocenters. The number of rotatable bonds is 6. The number of nitrogens with zero attached hydrogens (tertiary/aromatic N) is 2. The van der Waals surface area contributed by atoms with Crippen LogP contribution in [0.3, 0.4) is 0 Å². The lowest BCUT2D eigenvalue weighted by molar-refractivity contribution is 0.660. The van der Waals surface area contributed by atoms with E-state index in [4.69, 9.17) is 0 Å². The summed E-state index contributed by atoms with van der Waals surface area (Å²) >= 11 is 0. The van der Waals surface area contributed by atoms with Crippen LogP contribution >= 0.6 is 0 Å². The molecule has 8 aromatic carbocycles. The largest absolute Gasteiger partial charge is 0.311 e. The number of anilines is 3. The van der Waals surface area contributed by atoms with Crippen LogP contribution in [-0.2, 0) is 5.41 Å². The van der Waals surface area contributed by atoms with E-state index in [2.05, 4.69) is 219 Å². The fraction of sp³-hybridized carbons (Fsp3) is 0.0943. The molecule has 0 spiro atoms. The number of hydrogen-bond donors (Lipinski definition) is 0. The zero-order valence-corrected chi connectivity index (χ0v) is 31.7. The SMILES string of the molecule is Cc1ccc(N(c2ccc(-c3ccc(-n4c5ccccc5c5ccccc54)cc3)cc2)c2ccc(-c3ccc4c(c3)C(C)(C)c3cc(C)ccc3-4)cc2)cc1. The molecule has 0 atom stereocenters. The molecule has 1 heterocycles. The zero-order chi connectivity index (χ0) is 37.3. The summed E-state index contributed by atoms with van der Waals surface area (Å²) in [6, 6.07) is 67.0. The van der Waals surface area contributed by atoms with Gasteiger partial charge in [0.2, 0.25) is 0 Å². The van der Waals surface area contributed by atoms with Crippen LogP contribution in [0.2, 0.25) is 0 Å². The summed E-state index contributed by atoms with van der Waals surface area (Å²) in [5.41, 5.74) is 19.9. The third kappa shape index (κ3) is 5.48. The highest BCUT2D eigenvalue weighted by molar-refractivity contribution is 6.09. The third-order valence-corrected chi connectivity index (χ3v) is 11.7. The fourth-order valence-corrected chi connectivity index (χ4v) is 8.78. The van der Waals surface area contributed by atoms with Crippen LogP contribution in [0, 0.1) is 13.8 Å². The molecule has 55 heavy (non-hydrogen) atoms. The quantitative estimate of drug-likeness (QED) is 0.167. The Bertz CT molecular complexity index is 2820. The summed E-state index contributed by atoms with van der Waals surface area (Å²) in [5.74, 6) is 0. The van der Waals surface area contributed by atoms with Crippen molar-refractivity contribution in [3.05, 3.63) is 204 Å². The molecule has 0 N–H and O–H groups in total. The number of aryl methyl sites for hydroxylation is 2. The molecule has 1 aliphatic carbocycles. The number of benzene rings is 8. The first-order valence-corrected chi connectivity index (χ1v) is 19.3. The monoisotopic (exact) mass is 706 g/mol. The number of fused-ring (bicyclic) bond motifs is 6. The number of hydrogen-bond acceptors (Lipinski definition) is 1. The van der Waals surface area contributed by atoms with Crippen molar-refractivity contribution in [2.75, 3.05) is 4.90 Å². The molecule has 1 aliphatic rings. The Labute approximate surface area is 323 Å². The van der Waals surface area contributed by atoms with Gasteiger partial charge in [0, 0.05) is 38.9 Å². The van der Waals surface area contributed by atoms with Gasteiger partial charge >= 0.3 is 0 Å². The first-order chi connectivity index (χ1) is 26.8. The summed E-state index contributed by atoms with van der Waals surface area (Å²) < 4.78 is 2.37. The van der Waals surface area contributed by atoms with E-state index >= 15 is 0 Å². The molecule has 1 aromatic heterocycles. The fourth-order valence-electron chi connectivity index (χ4n) is 8.78. The Morgan fingerprint density at radius 3 is 1.38 bits per heavy atom. The normalized spacial score (nSPS) is 12.9. The van der Waals surface area contributed by atoms with Crippen molar-refractivity contribution in [2.45, 2.75) is 33.1 Å². The van der Waals surface area contributed by atoms with E-state index in [1.54, 1.807) is 0 Å². The predicted octanol–water partition coefficient (Wildman–Crippen LogP) is 14.5. The second kappa shape index (κ2) is 12.7. The Morgan fingerprint density at radius 2 is 0.818 bits per heavy atom. The molecular weight excluding hydrogens is 665 g/mol. The number of para-hydroxylation sites is 2. The van der Waals surface area contributed by atoms with E-state index in [9.17, 15) is 0 Å². The molecule has 0 saturated heterocycles. The lowest BCUT2D eigenvalue weighted by atomic mass is 9.81. The highest BCUT2D eigenvalue weighted by atomic mass is 15.1. The summed E-state index contributed by atoms with van der Waals surface area (Å²) in [5, 5.41) is 2.55. The second-order valence-corrected chi connectivity index (χ2v) is 15.6. The zero-order valence-electron chi connectivity index (χ0n) is 31.7. The maximum atomic E-state index is 2.41. The van der Waals surface area contributed by atoms with Gasteiger partial charge in [0.05, 0.1) is 11.0 Å². The van der Waals surface area contributed by atoms with E-state index in [0.29, 0.717) is 0 Å². The number of aromatic nitrogens is 1. The van der Waals surface area contributed by atoms with Gasteiger partial charge in [-0.05, 0) is 125 Å². The molecule has 0 fully saturated rings. The molecule has 2 heteroatoms. The van der Waals surface area contributed by atoms with E-state index in [0.717, 1.165) is 22.7 Å². The van der Waals surface area contributed by atoms with Crippen LogP contribution in [0.5, 0.6) is 0 Å². The topological polar surface area (TPSA) is 8.17 Å². The minimum atomic E-state index is -0.0323. The smallest absolute Gasteiger partial charge is 0.0541 e. The van der Waals surface area contributed by atoms with E-state index in [-0.39, 0.29) is 5.41 Å². The minimum absolute atomic E-state index is 0.0323. The van der Waals surface area contributed by atoms with Gasteiger partial charge in [-0.15, -0.1) is 0 Å². The predicted molar refractivity (Wildman–Crippen MR) is 233 cm³/mol. The maximum Gasteiger partial charge on any atom is 0.0541 e. The van der Waals surface area contributed by atoms with Crippen LogP contribution in [0.15, 0.2) is 182 Å². The average molecular weight is 707 g/mol. The molecule has 9 aromatic rings. The van der Waals surface area contributed by atoms with Crippen LogP contribution in [-0.4, -0.2) is 4.57 Å². The molecule has 10 rings (SSSR count). The van der Waals surface area contributed by atoms with Crippen LogP contribution in [0.1, 0.15) is 36.1 Å². The van der Waals surface area contributed by atoms with Gasteiger partial charge < -0.3 is 9.47 Å². The van der Waals surface area contributed by atoms with Gasteiger partial charge in [0.1, 0.15) is 0 Å². The molecule has 0 bridgehead atoms. The van der Waals surface area contributed by atoms with Gasteiger partial charge in [0.15, 0.2) is 0 Å². The van der Waals surface area contributed by atoms with Crippen molar-refractivity contribution in [1.29, 1.82) is 0 Å². The van der Waals surface area contributed by atoms with Gasteiger partial charge in [-0.1, -0.05) is 140 Å². The van der Waals surface area contributed by atoms with Crippen LogP contribution in [0.4, 0.5) is 17.1 Å². The summed E-state index contributed by atoms with van der Waals surface area (Å²) in [6.07, 6.45) is 0. The molecule has 0 amide bonds. The first kappa shape index (κ1) is 33.0. The average Bonchev–Trinajstić information content (AvgIpc) is 3.67. The molecule has 0 radical (unpaired) electrons. The Kier molecular flexibility index (Phi) is 7.64. The molecule has 264 valence electrons. The lowest BCUT2D eigenvalue weighted by Crippen LogP contribution is -2.15. The van der Waals surface area contributed by atoms with E-state index < -0.39 is 0 Å². The maximum absolute atomic E-state index is 2.41. The molecule has 0 aliphatic heterocycles.